The molecule has 3 fully saturated rings. The third-order valence-electron chi connectivity index (χ3n) is 9.69. The largest absolute Gasteiger partial charge is 0.462 e. The molecule has 4 rings (SSSR count). The highest BCUT2D eigenvalue weighted by atomic mass is 32.2. The van der Waals surface area contributed by atoms with Gasteiger partial charge in [-0.3, -0.25) is 19.2 Å². The van der Waals surface area contributed by atoms with E-state index < -0.39 is 4.75 Å². The van der Waals surface area contributed by atoms with E-state index >= 15 is 0 Å². The van der Waals surface area contributed by atoms with E-state index in [0.29, 0.717) is 17.8 Å². The maximum absolute atomic E-state index is 13.4. The molecule has 5 nitrogen and oxygen atoms in total. The first-order valence-corrected chi connectivity index (χ1v) is 14.3. The lowest BCUT2D eigenvalue weighted by atomic mass is 9.47. The zero-order valence-electron chi connectivity index (χ0n) is 21.3. The number of Topliss-reactive ketones (excluding diaryl/α,β-unsaturated/α-hetero) is 1. The minimum absolute atomic E-state index is 0.0140. The van der Waals surface area contributed by atoms with Gasteiger partial charge in [0.15, 0.2) is 10.2 Å². The molecule has 0 spiro atoms. The molecule has 0 radical (unpaired) electrons. The molecule has 0 amide bonds. The Morgan fingerprint density at radius 2 is 1.68 bits per heavy atom. The van der Waals surface area contributed by atoms with Crippen LogP contribution in [0.15, 0.2) is 11.6 Å². The standard InChI is InChI=1S/C27H38O5S2/c1-15(28)27(34-18(4)31)24(33-17(3)30)14-23-21-8-7-19-13-20(32-16(2)29)9-11-25(19,5)22(21)10-12-26(23,27)6/h7,20-24H,8-14H2,1-6H3/t20-,21?,22?,23?,24-,25-,26-,27+/m0/s1. The van der Waals surface area contributed by atoms with Crippen LogP contribution in [0.25, 0.3) is 0 Å². The van der Waals surface area contributed by atoms with Gasteiger partial charge in [0.05, 0.1) is 4.75 Å². The number of esters is 1. The molecule has 0 saturated heterocycles. The summed E-state index contributed by atoms with van der Waals surface area (Å²) >= 11 is 2.47. The van der Waals surface area contributed by atoms with Crippen molar-refractivity contribution in [1.82, 2.24) is 0 Å². The molecule has 3 saturated carbocycles. The highest BCUT2D eigenvalue weighted by Gasteiger charge is 2.70. The van der Waals surface area contributed by atoms with Crippen molar-refractivity contribution in [2.45, 2.75) is 103 Å². The topological polar surface area (TPSA) is 77.5 Å². The number of carbonyl (C=O) groups excluding carboxylic acids is 4. The number of fused-ring (bicyclic) bond motifs is 5. The monoisotopic (exact) mass is 506 g/mol. The van der Waals surface area contributed by atoms with E-state index in [1.807, 2.05) is 0 Å². The number of hydrogen-bond donors (Lipinski definition) is 0. The quantitative estimate of drug-likeness (QED) is 0.355. The zero-order valence-corrected chi connectivity index (χ0v) is 22.9. The van der Waals surface area contributed by atoms with Crippen molar-refractivity contribution in [3.8, 4) is 0 Å². The molecule has 3 unspecified atom stereocenters. The SMILES string of the molecule is CC(=O)O[C@H]1CC[C@@]2(C)C(=CCC3C2CC[C@@]2(C)C3C[C@H](SC(C)=O)[C@]2(SC(C)=O)C(C)=O)C1. The van der Waals surface area contributed by atoms with Crippen LogP contribution in [0, 0.1) is 28.6 Å². The summed E-state index contributed by atoms with van der Waals surface area (Å²) in [5, 5.41) is -0.210. The molecule has 0 bridgehead atoms. The highest BCUT2D eigenvalue weighted by Crippen LogP contribution is 2.71. The van der Waals surface area contributed by atoms with Crippen molar-refractivity contribution in [3.05, 3.63) is 11.6 Å². The van der Waals surface area contributed by atoms with Gasteiger partial charge in [0.2, 0.25) is 0 Å². The molecule has 0 heterocycles. The van der Waals surface area contributed by atoms with Crippen molar-refractivity contribution in [1.29, 1.82) is 0 Å². The summed E-state index contributed by atoms with van der Waals surface area (Å²) in [4.78, 5) is 49.6. The average molecular weight is 507 g/mol. The lowest BCUT2D eigenvalue weighted by molar-refractivity contribution is -0.148. The summed E-state index contributed by atoms with van der Waals surface area (Å²) < 4.78 is 4.70. The normalized spacial score (nSPS) is 43.1. The molecule has 34 heavy (non-hydrogen) atoms. The molecule has 0 N–H and O–H groups in total. The fourth-order valence-electron chi connectivity index (χ4n) is 8.38. The molecule has 4 aliphatic carbocycles. The van der Waals surface area contributed by atoms with Crippen LogP contribution in [0.4, 0.5) is 0 Å². The van der Waals surface area contributed by atoms with Crippen molar-refractivity contribution >= 4 is 45.5 Å². The van der Waals surface area contributed by atoms with Gasteiger partial charge in [0.25, 0.3) is 0 Å². The molecular formula is C27H38O5S2. The Morgan fingerprint density at radius 1 is 0.971 bits per heavy atom. The summed E-state index contributed by atoms with van der Waals surface area (Å²) in [6, 6.07) is 0. The molecule has 0 aromatic rings. The van der Waals surface area contributed by atoms with E-state index in [0.717, 1.165) is 44.9 Å². The number of ketones is 1. The van der Waals surface area contributed by atoms with Gasteiger partial charge in [-0.05, 0) is 74.0 Å². The second kappa shape index (κ2) is 9.10. The molecular weight excluding hydrogens is 468 g/mol. The minimum Gasteiger partial charge on any atom is -0.462 e. The second-order valence-corrected chi connectivity index (χ2v) is 14.2. The Bertz CT molecular complexity index is 943. The van der Waals surface area contributed by atoms with Crippen LogP contribution in [0.3, 0.4) is 0 Å². The Hall–Kier alpha value is -1.08. The van der Waals surface area contributed by atoms with Gasteiger partial charge < -0.3 is 4.74 Å². The molecule has 7 heteroatoms. The predicted molar refractivity (Wildman–Crippen MR) is 136 cm³/mol. The van der Waals surface area contributed by atoms with E-state index in [1.54, 1.807) is 20.8 Å². The summed E-state index contributed by atoms with van der Waals surface area (Å²) in [7, 11) is 0. The first-order valence-electron chi connectivity index (χ1n) is 12.6. The molecule has 4 aliphatic rings. The third-order valence-corrected chi connectivity index (χ3v) is 12.6. The number of thioether (sulfide) groups is 2. The van der Waals surface area contributed by atoms with E-state index in [-0.39, 0.29) is 44.2 Å². The number of hydrogen-bond acceptors (Lipinski definition) is 7. The van der Waals surface area contributed by atoms with Gasteiger partial charge in [-0.2, -0.15) is 0 Å². The van der Waals surface area contributed by atoms with Crippen molar-refractivity contribution in [2.24, 2.45) is 28.6 Å². The first-order chi connectivity index (χ1) is 15.8. The smallest absolute Gasteiger partial charge is 0.302 e. The maximum atomic E-state index is 13.4. The second-order valence-electron chi connectivity index (χ2n) is 11.4. The van der Waals surface area contributed by atoms with Crippen LogP contribution in [-0.2, 0) is 23.9 Å². The maximum Gasteiger partial charge on any atom is 0.302 e. The van der Waals surface area contributed by atoms with Crippen LogP contribution >= 0.6 is 23.5 Å². The van der Waals surface area contributed by atoms with Gasteiger partial charge >= 0.3 is 5.97 Å². The summed E-state index contributed by atoms with van der Waals surface area (Å²) in [6.07, 6.45) is 8.76. The number of rotatable bonds is 4. The Labute approximate surface area is 212 Å². The van der Waals surface area contributed by atoms with Gasteiger partial charge in [-0.25, -0.2) is 0 Å². The van der Waals surface area contributed by atoms with E-state index in [4.69, 9.17) is 4.74 Å². The lowest BCUT2D eigenvalue weighted by Crippen LogP contribution is -2.58. The summed E-state index contributed by atoms with van der Waals surface area (Å²) in [6.45, 7) is 10.8. The highest BCUT2D eigenvalue weighted by molar-refractivity contribution is 8.18. The van der Waals surface area contributed by atoms with Crippen molar-refractivity contribution < 1.29 is 23.9 Å². The Balaban J connectivity index is 1.71. The van der Waals surface area contributed by atoms with E-state index in [9.17, 15) is 19.2 Å². The molecule has 0 aromatic carbocycles. The summed E-state index contributed by atoms with van der Waals surface area (Å²) in [5.74, 6) is 1.06. The van der Waals surface area contributed by atoms with Crippen molar-refractivity contribution in [2.75, 3.05) is 0 Å². The fourth-order valence-corrected chi connectivity index (χ4v) is 11.3. The zero-order chi connectivity index (χ0) is 25.1. The molecule has 188 valence electrons. The van der Waals surface area contributed by atoms with Crippen LogP contribution in [-0.4, -0.2) is 38.1 Å². The van der Waals surface area contributed by atoms with Gasteiger partial charge in [0, 0.05) is 32.4 Å². The number of allylic oxidation sites excluding steroid dienone is 1. The van der Waals surface area contributed by atoms with Crippen LogP contribution in [0.2, 0.25) is 0 Å². The van der Waals surface area contributed by atoms with Gasteiger partial charge in [-0.15, -0.1) is 0 Å². The molecule has 8 atom stereocenters. The fraction of sp³-hybridized carbons (Fsp3) is 0.778. The van der Waals surface area contributed by atoms with Gasteiger partial charge in [-0.1, -0.05) is 49.0 Å². The van der Waals surface area contributed by atoms with Crippen molar-refractivity contribution in [3.63, 3.8) is 0 Å². The number of carbonyl (C=O) groups is 4. The predicted octanol–water partition coefficient (Wildman–Crippen LogP) is 5.75. The summed E-state index contributed by atoms with van der Waals surface area (Å²) in [5.41, 5.74) is 1.19. The number of ether oxygens (including phenoxy) is 1. The Morgan fingerprint density at radius 3 is 2.26 bits per heavy atom. The van der Waals surface area contributed by atoms with Crippen LogP contribution < -0.4 is 0 Å². The Kier molecular flexibility index (Phi) is 6.96. The van der Waals surface area contributed by atoms with E-state index in [2.05, 4.69) is 19.9 Å². The van der Waals surface area contributed by atoms with Crippen LogP contribution in [0.5, 0.6) is 0 Å². The minimum atomic E-state index is -0.858. The third kappa shape index (κ3) is 3.93. The van der Waals surface area contributed by atoms with Crippen LogP contribution in [0.1, 0.15) is 86.5 Å². The first kappa shape index (κ1) is 26.0. The molecule has 0 aromatic heterocycles. The average Bonchev–Trinajstić information content (AvgIpc) is 2.96. The van der Waals surface area contributed by atoms with E-state index in [1.165, 1.54) is 36.0 Å². The van der Waals surface area contributed by atoms with Gasteiger partial charge in [0.1, 0.15) is 11.9 Å². The lowest BCUT2D eigenvalue weighted by Gasteiger charge is -2.59. The molecule has 0 aliphatic heterocycles.